The molecule has 4 rings (SSSR count). The van der Waals surface area contributed by atoms with E-state index in [0.717, 1.165) is 19.9 Å². The Kier molecular flexibility index (Phi) is 12.4. The van der Waals surface area contributed by atoms with Crippen LogP contribution >= 0.6 is 15.9 Å². The molecule has 0 aliphatic carbocycles. The minimum absolute atomic E-state index is 0.0305. The van der Waals surface area contributed by atoms with Gasteiger partial charge in [0.25, 0.3) is 10.0 Å². The highest BCUT2D eigenvalue weighted by atomic mass is 79.9. The molecular formula is C36H40BrN3O5S. The SMILES string of the molecule is CCOc1ccccc1N(CC(=O)N(Cc1cccc(Br)c1)[C@H](Cc1ccccc1)C(=O)N[C@H](C)CC)S(=O)(=O)c1ccccc1. The number of amides is 2. The number of carbonyl (C=O) groups excluding carboxylic acids is 2. The van der Waals surface area contributed by atoms with Crippen molar-refractivity contribution in [3.63, 3.8) is 0 Å². The van der Waals surface area contributed by atoms with Crippen molar-refractivity contribution in [2.75, 3.05) is 17.5 Å². The number of anilines is 1. The van der Waals surface area contributed by atoms with Crippen molar-refractivity contribution in [1.29, 1.82) is 0 Å². The number of halogens is 1. The van der Waals surface area contributed by atoms with E-state index in [1.54, 1.807) is 42.5 Å². The maximum Gasteiger partial charge on any atom is 0.264 e. The Bertz CT molecular complexity index is 1700. The van der Waals surface area contributed by atoms with Crippen molar-refractivity contribution in [3.05, 3.63) is 125 Å². The molecule has 0 aliphatic rings. The molecule has 0 unspecified atom stereocenters. The lowest BCUT2D eigenvalue weighted by Crippen LogP contribution is -2.54. The van der Waals surface area contributed by atoms with Gasteiger partial charge in [0.05, 0.1) is 17.2 Å². The quantitative estimate of drug-likeness (QED) is 0.150. The summed E-state index contributed by atoms with van der Waals surface area (Å²) in [5.74, 6) is -0.522. The van der Waals surface area contributed by atoms with E-state index in [4.69, 9.17) is 4.74 Å². The molecule has 46 heavy (non-hydrogen) atoms. The van der Waals surface area contributed by atoms with Gasteiger partial charge in [0.2, 0.25) is 11.8 Å². The van der Waals surface area contributed by atoms with Crippen molar-refractivity contribution in [1.82, 2.24) is 10.2 Å². The first kappa shape index (κ1) is 34.7. The topological polar surface area (TPSA) is 96.0 Å². The van der Waals surface area contributed by atoms with Gasteiger partial charge >= 0.3 is 0 Å². The number of nitrogens with one attached hydrogen (secondary N) is 1. The molecular weight excluding hydrogens is 666 g/mol. The third-order valence-corrected chi connectivity index (χ3v) is 9.83. The Morgan fingerprint density at radius 1 is 0.848 bits per heavy atom. The minimum atomic E-state index is -4.23. The fourth-order valence-corrected chi connectivity index (χ4v) is 6.89. The average Bonchev–Trinajstić information content (AvgIpc) is 3.06. The van der Waals surface area contributed by atoms with Gasteiger partial charge in [0, 0.05) is 23.5 Å². The summed E-state index contributed by atoms with van der Waals surface area (Å²) in [5.41, 5.74) is 1.88. The highest BCUT2D eigenvalue weighted by Gasteiger charge is 2.35. The van der Waals surface area contributed by atoms with Gasteiger partial charge in [-0.05, 0) is 67.8 Å². The van der Waals surface area contributed by atoms with Crippen LogP contribution < -0.4 is 14.4 Å². The van der Waals surface area contributed by atoms with Crippen LogP contribution in [0.1, 0.15) is 38.3 Å². The van der Waals surface area contributed by atoms with E-state index in [2.05, 4.69) is 21.2 Å². The molecule has 0 aliphatic heterocycles. The van der Waals surface area contributed by atoms with E-state index in [0.29, 0.717) is 18.8 Å². The smallest absolute Gasteiger partial charge is 0.264 e. The summed E-state index contributed by atoms with van der Waals surface area (Å²) >= 11 is 3.51. The van der Waals surface area contributed by atoms with Crippen LogP contribution in [-0.2, 0) is 32.6 Å². The number of carbonyl (C=O) groups is 2. The molecule has 0 heterocycles. The predicted molar refractivity (Wildman–Crippen MR) is 185 cm³/mol. The summed E-state index contributed by atoms with van der Waals surface area (Å²) in [6, 6.07) is 30.7. The highest BCUT2D eigenvalue weighted by Crippen LogP contribution is 2.33. The van der Waals surface area contributed by atoms with Crippen molar-refractivity contribution >= 4 is 43.5 Å². The fourth-order valence-electron chi connectivity index (χ4n) is 5.00. The lowest BCUT2D eigenvalue weighted by molar-refractivity contribution is -0.140. The number of benzene rings is 4. The summed E-state index contributed by atoms with van der Waals surface area (Å²) in [6.07, 6.45) is 0.949. The number of nitrogens with zero attached hydrogens (tertiary/aromatic N) is 2. The zero-order chi connectivity index (χ0) is 33.1. The summed E-state index contributed by atoms with van der Waals surface area (Å²) in [4.78, 5) is 30.1. The Morgan fingerprint density at radius 2 is 1.48 bits per heavy atom. The van der Waals surface area contributed by atoms with E-state index in [1.165, 1.54) is 17.0 Å². The molecule has 2 atom stereocenters. The van der Waals surface area contributed by atoms with E-state index < -0.39 is 28.5 Å². The number of hydrogen-bond acceptors (Lipinski definition) is 5. The van der Waals surface area contributed by atoms with Crippen LogP contribution in [0.4, 0.5) is 5.69 Å². The van der Waals surface area contributed by atoms with Crippen LogP contribution in [0.3, 0.4) is 0 Å². The molecule has 0 saturated carbocycles. The first-order valence-corrected chi connectivity index (χ1v) is 17.5. The molecule has 242 valence electrons. The summed E-state index contributed by atoms with van der Waals surface area (Å²) < 4.78 is 36.2. The first-order valence-electron chi connectivity index (χ1n) is 15.3. The van der Waals surface area contributed by atoms with Crippen molar-refractivity contribution in [3.8, 4) is 5.75 Å². The first-order chi connectivity index (χ1) is 22.1. The van der Waals surface area contributed by atoms with Crippen molar-refractivity contribution in [2.24, 2.45) is 0 Å². The molecule has 2 amide bonds. The lowest BCUT2D eigenvalue weighted by atomic mass is 10.0. The van der Waals surface area contributed by atoms with Gasteiger partial charge in [-0.3, -0.25) is 13.9 Å². The number of rotatable bonds is 15. The average molecular weight is 707 g/mol. The van der Waals surface area contributed by atoms with E-state index in [9.17, 15) is 18.0 Å². The Balaban J connectivity index is 1.84. The normalized spacial score (nSPS) is 12.5. The summed E-state index contributed by atoms with van der Waals surface area (Å²) in [6.45, 7) is 5.52. The molecule has 1 N–H and O–H groups in total. The maximum atomic E-state index is 14.6. The molecule has 10 heteroatoms. The van der Waals surface area contributed by atoms with E-state index in [-0.39, 0.29) is 35.5 Å². The largest absolute Gasteiger partial charge is 0.492 e. The van der Waals surface area contributed by atoms with Crippen molar-refractivity contribution < 1.29 is 22.7 Å². The second-order valence-corrected chi connectivity index (χ2v) is 13.7. The Hall–Kier alpha value is -4.15. The van der Waals surface area contributed by atoms with Gasteiger partial charge in [0.15, 0.2) is 0 Å². The monoisotopic (exact) mass is 705 g/mol. The van der Waals surface area contributed by atoms with Crippen LogP contribution in [-0.4, -0.2) is 50.4 Å². The summed E-state index contributed by atoms with van der Waals surface area (Å²) in [7, 11) is -4.23. The third kappa shape index (κ3) is 8.98. The standard InChI is InChI=1S/C36H40BrN3O5S/c1-4-27(3)38-36(42)33(24-28-15-8-6-9-16-28)39(25-29-17-14-18-30(37)23-29)35(41)26-40(32-21-12-13-22-34(32)45-5-2)46(43,44)31-19-10-7-11-20-31/h6-23,27,33H,4-5,24-26H2,1-3H3,(H,38,42)/t27-,33-/m1/s1. The van der Waals surface area contributed by atoms with Gasteiger partial charge < -0.3 is 15.0 Å². The summed E-state index contributed by atoms with van der Waals surface area (Å²) in [5, 5.41) is 3.06. The predicted octanol–water partition coefficient (Wildman–Crippen LogP) is 6.60. The van der Waals surface area contributed by atoms with Gasteiger partial charge in [0.1, 0.15) is 18.3 Å². The fraction of sp³-hybridized carbons (Fsp3) is 0.278. The van der Waals surface area contributed by atoms with E-state index >= 15 is 0 Å². The zero-order valence-corrected chi connectivity index (χ0v) is 28.7. The van der Waals surface area contributed by atoms with Crippen molar-refractivity contribution in [2.45, 2.75) is 57.1 Å². The van der Waals surface area contributed by atoms with Crippen LogP contribution in [0.2, 0.25) is 0 Å². The molecule has 4 aromatic carbocycles. The highest BCUT2D eigenvalue weighted by molar-refractivity contribution is 9.10. The molecule has 0 saturated heterocycles. The van der Waals surface area contributed by atoms with Crippen LogP contribution in [0.25, 0.3) is 0 Å². The van der Waals surface area contributed by atoms with Gasteiger partial charge in [-0.25, -0.2) is 8.42 Å². The Labute approximate surface area is 280 Å². The zero-order valence-electron chi connectivity index (χ0n) is 26.3. The molecule has 8 nitrogen and oxygen atoms in total. The number of sulfonamides is 1. The molecule has 0 bridgehead atoms. The maximum absolute atomic E-state index is 14.6. The van der Waals surface area contributed by atoms with Crippen LogP contribution in [0.15, 0.2) is 119 Å². The number of hydrogen-bond donors (Lipinski definition) is 1. The molecule has 4 aromatic rings. The molecule has 0 fully saturated rings. The number of para-hydroxylation sites is 2. The Morgan fingerprint density at radius 3 is 2.13 bits per heavy atom. The second kappa shape index (κ2) is 16.4. The third-order valence-electron chi connectivity index (χ3n) is 7.56. The van der Waals surface area contributed by atoms with E-state index in [1.807, 2.05) is 75.4 Å². The van der Waals surface area contributed by atoms with Gasteiger partial charge in [-0.1, -0.05) is 95.7 Å². The molecule has 0 aromatic heterocycles. The van der Waals surface area contributed by atoms with Crippen LogP contribution in [0, 0.1) is 0 Å². The van der Waals surface area contributed by atoms with Gasteiger partial charge in [-0.2, -0.15) is 0 Å². The van der Waals surface area contributed by atoms with Crippen LogP contribution in [0.5, 0.6) is 5.75 Å². The van der Waals surface area contributed by atoms with Gasteiger partial charge in [-0.15, -0.1) is 0 Å². The minimum Gasteiger partial charge on any atom is -0.492 e. The number of ether oxygens (including phenoxy) is 1. The molecule has 0 radical (unpaired) electrons. The second-order valence-electron chi connectivity index (χ2n) is 10.9. The molecule has 0 spiro atoms. The lowest BCUT2D eigenvalue weighted by Gasteiger charge is -2.34.